The predicted molar refractivity (Wildman–Crippen MR) is 53.1 cm³/mol. The number of primary sulfonamides is 1. The fraction of sp³-hybridized carbons (Fsp3) is 0.222. The lowest BCUT2D eigenvalue weighted by atomic mass is 10.1. The minimum atomic E-state index is -3.78. The van der Waals surface area contributed by atoms with Crippen molar-refractivity contribution in [1.29, 1.82) is 0 Å². The third-order valence-corrected chi connectivity index (χ3v) is 2.40. The lowest BCUT2D eigenvalue weighted by Crippen LogP contribution is -2.24. The van der Waals surface area contributed by atoms with Gasteiger partial charge < -0.3 is 0 Å². The zero-order valence-corrected chi connectivity index (χ0v) is 8.63. The molecule has 0 aromatic heterocycles. The fourth-order valence-electron chi connectivity index (χ4n) is 1.11. The Bertz CT molecular complexity index is 453. The summed E-state index contributed by atoms with van der Waals surface area (Å²) in [5, 5.41) is 4.71. The number of nitrogens with two attached hydrogens (primary N) is 1. The van der Waals surface area contributed by atoms with Gasteiger partial charge in [-0.2, -0.15) is 0 Å². The zero-order valence-electron chi connectivity index (χ0n) is 7.81. The number of halogens is 1. The summed E-state index contributed by atoms with van der Waals surface area (Å²) in [5.41, 5.74) is 0.560. The summed E-state index contributed by atoms with van der Waals surface area (Å²) < 4.78 is 33.7. The van der Waals surface area contributed by atoms with E-state index in [0.29, 0.717) is 5.56 Å². The van der Waals surface area contributed by atoms with Crippen LogP contribution in [0.3, 0.4) is 0 Å². The number of hydrogen-bond acceptors (Lipinski definition) is 3. The van der Waals surface area contributed by atoms with Crippen molar-refractivity contribution in [2.75, 3.05) is 5.75 Å². The molecule has 1 aromatic rings. The Hall–Kier alpha value is -1.27. The molecular weight excluding hydrogens is 221 g/mol. The van der Waals surface area contributed by atoms with Crippen molar-refractivity contribution in [2.24, 2.45) is 5.14 Å². The lowest BCUT2D eigenvalue weighted by molar-refractivity contribution is -0.116. The minimum absolute atomic E-state index is 0.0588. The summed E-state index contributed by atoms with van der Waals surface area (Å²) in [6.45, 7) is 0. The molecule has 6 heteroatoms. The highest BCUT2D eigenvalue weighted by atomic mass is 32.2. The largest absolute Gasteiger partial charge is 0.298 e. The first kappa shape index (κ1) is 11.8. The smallest absolute Gasteiger partial charge is 0.216 e. The molecule has 0 spiro atoms. The molecule has 2 N–H and O–H groups in total. The van der Waals surface area contributed by atoms with Gasteiger partial charge in [0.1, 0.15) is 11.6 Å². The van der Waals surface area contributed by atoms with Crippen molar-refractivity contribution in [2.45, 2.75) is 6.42 Å². The Morgan fingerprint density at radius 2 is 1.80 bits per heavy atom. The molecule has 0 saturated carbocycles. The number of sulfonamides is 1. The maximum atomic E-state index is 12.5. The van der Waals surface area contributed by atoms with E-state index < -0.39 is 27.4 Å². The average Bonchev–Trinajstić information content (AvgIpc) is 2.05. The second kappa shape index (κ2) is 4.50. The standard InChI is InChI=1S/C9H10FNO3S/c10-8-3-1-7(2-4-8)5-9(12)6-15(11,13)14/h1-4H,5-6H2,(H2,11,13,14). The van der Waals surface area contributed by atoms with E-state index in [1.165, 1.54) is 24.3 Å². The Labute approximate surface area is 87.0 Å². The summed E-state index contributed by atoms with van der Waals surface area (Å²) in [6.07, 6.45) is -0.0588. The molecular formula is C9H10FNO3S. The van der Waals surface area contributed by atoms with Crippen LogP contribution < -0.4 is 5.14 Å². The summed E-state index contributed by atoms with van der Waals surface area (Å²) in [6, 6.07) is 5.27. The van der Waals surface area contributed by atoms with Gasteiger partial charge in [-0.05, 0) is 17.7 Å². The molecule has 0 aliphatic heterocycles. The average molecular weight is 231 g/mol. The molecule has 0 unspecified atom stereocenters. The van der Waals surface area contributed by atoms with Gasteiger partial charge in [-0.25, -0.2) is 17.9 Å². The third-order valence-electron chi connectivity index (χ3n) is 1.68. The van der Waals surface area contributed by atoms with Crippen LogP contribution in [0.4, 0.5) is 4.39 Å². The summed E-state index contributed by atoms with van der Waals surface area (Å²) in [4.78, 5) is 11.2. The van der Waals surface area contributed by atoms with Crippen molar-refractivity contribution in [3.05, 3.63) is 35.6 Å². The van der Waals surface area contributed by atoms with Crippen LogP contribution in [0.2, 0.25) is 0 Å². The van der Waals surface area contributed by atoms with Crippen LogP contribution in [-0.2, 0) is 21.2 Å². The Morgan fingerprint density at radius 3 is 2.27 bits per heavy atom. The first-order chi connectivity index (χ1) is 6.87. The molecule has 4 nitrogen and oxygen atoms in total. The van der Waals surface area contributed by atoms with E-state index in [4.69, 9.17) is 5.14 Å². The van der Waals surface area contributed by atoms with Gasteiger partial charge in [0.15, 0.2) is 5.78 Å². The van der Waals surface area contributed by atoms with Crippen molar-refractivity contribution >= 4 is 15.8 Å². The second-order valence-corrected chi connectivity index (χ2v) is 4.76. The molecule has 0 amide bonds. The van der Waals surface area contributed by atoms with Gasteiger partial charge in [-0.1, -0.05) is 12.1 Å². The van der Waals surface area contributed by atoms with Crippen LogP contribution in [0.5, 0.6) is 0 Å². The van der Waals surface area contributed by atoms with E-state index in [1.54, 1.807) is 0 Å². The Morgan fingerprint density at radius 1 is 1.27 bits per heavy atom. The zero-order chi connectivity index (χ0) is 11.5. The molecule has 0 heterocycles. The number of Topliss-reactive ketones (excluding diaryl/α,β-unsaturated/α-hetero) is 1. The minimum Gasteiger partial charge on any atom is -0.298 e. The van der Waals surface area contributed by atoms with Crippen molar-refractivity contribution in [3.63, 3.8) is 0 Å². The first-order valence-electron chi connectivity index (χ1n) is 4.13. The SMILES string of the molecule is NS(=O)(=O)CC(=O)Cc1ccc(F)cc1. The molecule has 1 rings (SSSR count). The van der Waals surface area contributed by atoms with E-state index >= 15 is 0 Å². The van der Waals surface area contributed by atoms with E-state index in [-0.39, 0.29) is 6.42 Å². The number of hydrogen-bond donors (Lipinski definition) is 1. The third kappa shape index (κ3) is 4.66. The molecule has 0 fully saturated rings. The highest BCUT2D eigenvalue weighted by molar-refractivity contribution is 7.89. The van der Waals surface area contributed by atoms with Crippen LogP contribution in [0.1, 0.15) is 5.56 Å². The Balaban J connectivity index is 2.63. The molecule has 0 aliphatic carbocycles. The number of carbonyl (C=O) groups excluding carboxylic acids is 1. The van der Waals surface area contributed by atoms with Crippen LogP contribution in [-0.4, -0.2) is 20.0 Å². The number of benzene rings is 1. The fourth-order valence-corrected chi connectivity index (χ4v) is 1.66. The molecule has 0 radical (unpaired) electrons. The summed E-state index contributed by atoms with van der Waals surface area (Å²) >= 11 is 0. The Kier molecular flexibility index (Phi) is 3.54. The van der Waals surface area contributed by atoms with Crippen molar-refractivity contribution in [3.8, 4) is 0 Å². The van der Waals surface area contributed by atoms with Crippen molar-refractivity contribution in [1.82, 2.24) is 0 Å². The van der Waals surface area contributed by atoms with E-state index in [9.17, 15) is 17.6 Å². The maximum Gasteiger partial charge on any atom is 0.216 e. The monoisotopic (exact) mass is 231 g/mol. The summed E-state index contributed by atoms with van der Waals surface area (Å²) in [7, 11) is -3.78. The number of rotatable bonds is 4. The summed E-state index contributed by atoms with van der Waals surface area (Å²) in [5.74, 6) is -1.61. The molecule has 15 heavy (non-hydrogen) atoms. The van der Waals surface area contributed by atoms with Crippen molar-refractivity contribution < 1.29 is 17.6 Å². The van der Waals surface area contributed by atoms with Gasteiger partial charge in [-0.3, -0.25) is 4.79 Å². The van der Waals surface area contributed by atoms with E-state index in [0.717, 1.165) is 0 Å². The van der Waals surface area contributed by atoms with Gasteiger partial charge >= 0.3 is 0 Å². The van der Waals surface area contributed by atoms with Gasteiger partial charge in [0.05, 0.1) is 0 Å². The quantitative estimate of drug-likeness (QED) is 0.805. The van der Waals surface area contributed by atoms with Crippen LogP contribution in [0, 0.1) is 5.82 Å². The predicted octanol–water partition coefficient (Wildman–Crippen LogP) is 0.226. The van der Waals surface area contributed by atoms with Gasteiger partial charge in [-0.15, -0.1) is 0 Å². The molecule has 82 valence electrons. The molecule has 0 atom stereocenters. The van der Waals surface area contributed by atoms with Crippen LogP contribution >= 0.6 is 0 Å². The highest BCUT2D eigenvalue weighted by Gasteiger charge is 2.11. The highest BCUT2D eigenvalue weighted by Crippen LogP contribution is 2.04. The molecule has 0 saturated heterocycles. The van der Waals surface area contributed by atoms with E-state index in [1.807, 2.05) is 0 Å². The molecule has 1 aromatic carbocycles. The lowest BCUT2D eigenvalue weighted by Gasteiger charge is -1.99. The second-order valence-electron chi connectivity index (χ2n) is 3.15. The van der Waals surface area contributed by atoms with Gasteiger partial charge in [0.25, 0.3) is 0 Å². The maximum absolute atomic E-state index is 12.5. The molecule has 0 bridgehead atoms. The topological polar surface area (TPSA) is 77.2 Å². The number of ketones is 1. The van der Waals surface area contributed by atoms with Gasteiger partial charge in [0.2, 0.25) is 10.0 Å². The van der Waals surface area contributed by atoms with Crippen LogP contribution in [0.15, 0.2) is 24.3 Å². The van der Waals surface area contributed by atoms with E-state index in [2.05, 4.69) is 0 Å². The van der Waals surface area contributed by atoms with Gasteiger partial charge in [0, 0.05) is 6.42 Å². The van der Waals surface area contributed by atoms with Crippen LogP contribution in [0.25, 0.3) is 0 Å². The number of carbonyl (C=O) groups is 1. The first-order valence-corrected chi connectivity index (χ1v) is 5.85. The normalized spacial score (nSPS) is 11.3. The molecule has 0 aliphatic rings.